The van der Waals surface area contributed by atoms with Crippen molar-refractivity contribution in [2.75, 3.05) is 7.05 Å². The number of nitrogens with one attached hydrogen (secondary N) is 1. The molecular formula is C15H26N2O2. The van der Waals surface area contributed by atoms with E-state index in [0.717, 1.165) is 38.5 Å². The third kappa shape index (κ3) is 3.95. The zero-order valence-corrected chi connectivity index (χ0v) is 12.0. The second kappa shape index (κ2) is 6.92. The first-order valence-electron chi connectivity index (χ1n) is 7.76. The van der Waals surface area contributed by atoms with E-state index < -0.39 is 5.91 Å². The van der Waals surface area contributed by atoms with E-state index in [1.807, 2.05) is 0 Å². The molecule has 0 radical (unpaired) electrons. The van der Waals surface area contributed by atoms with Gasteiger partial charge in [-0.3, -0.25) is 9.59 Å². The summed E-state index contributed by atoms with van der Waals surface area (Å²) >= 11 is 0. The molecule has 0 aromatic carbocycles. The van der Waals surface area contributed by atoms with Crippen LogP contribution in [0.25, 0.3) is 0 Å². The van der Waals surface area contributed by atoms with Crippen molar-refractivity contribution in [1.82, 2.24) is 10.2 Å². The summed E-state index contributed by atoms with van der Waals surface area (Å²) in [5.74, 6) is -0.752. The molecule has 0 bridgehead atoms. The highest BCUT2D eigenvalue weighted by molar-refractivity contribution is 6.35. The Bertz CT molecular complexity index is 318. The van der Waals surface area contributed by atoms with Crippen LogP contribution in [0.5, 0.6) is 0 Å². The molecule has 2 rings (SSSR count). The lowest BCUT2D eigenvalue weighted by molar-refractivity contribution is -0.147. The highest BCUT2D eigenvalue weighted by Crippen LogP contribution is 2.22. The fourth-order valence-corrected chi connectivity index (χ4v) is 3.29. The Labute approximate surface area is 115 Å². The maximum Gasteiger partial charge on any atom is 0.311 e. The third-order valence-electron chi connectivity index (χ3n) is 4.58. The Morgan fingerprint density at radius 2 is 1.42 bits per heavy atom. The van der Waals surface area contributed by atoms with Crippen LogP contribution in [0.15, 0.2) is 0 Å². The van der Waals surface area contributed by atoms with Crippen LogP contribution in [0, 0.1) is 0 Å². The number of carbonyl (C=O) groups is 2. The SMILES string of the molecule is CN(C(=O)C(=O)NC1CCCCC1)C1CCCCC1. The number of likely N-dealkylation sites (N-methyl/N-ethyl adjacent to an activating group) is 1. The molecule has 2 aliphatic carbocycles. The maximum atomic E-state index is 12.1. The van der Waals surface area contributed by atoms with Gasteiger partial charge in [-0.2, -0.15) is 0 Å². The minimum Gasteiger partial charge on any atom is -0.345 e. The molecule has 0 aliphatic heterocycles. The van der Waals surface area contributed by atoms with Crippen molar-refractivity contribution < 1.29 is 9.59 Å². The molecule has 2 amide bonds. The van der Waals surface area contributed by atoms with E-state index in [1.54, 1.807) is 11.9 Å². The average molecular weight is 266 g/mol. The van der Waals surface area contributed by atoms with E-state index in [0.29, 0.717) is 0 Å². The Morgan fingerprint density at radius 3 is 2.00 bits per heavy atom. The van der Waals surface area contributed by atoms with E-state index >= 15 is 0 Å². The molecule has 0 aromatic rings. The molecule has 19 heavy (non-hydrogen) atoms. The molecule has 2 fully saturated rings. The van der Waals surface area contributed by atoms with Gasteiger partial charge in [0.2, 0.25) is 0 Å². The van der Waals surface area contributed by atoms with Gasteiger partial charge in [-0.1, -0.05) is 38.5 Å². The zero-order chi connectivity index (χ0) is 13.7. The summed E-state index contributed by atoms with van der Waals surface area (Å²) in [4.78, 5) is 25.8. The lowest BCUT2D eigenvalue weighted by atomic mass is 9.94. The highest BCUT2D eigenvalue weighted by atomic mass is 16.2. The van der Waals surface area contributed by atoms with Crippen molar-refractivity contribution in [3.8, 4) is 0 Å². The molecule has 0 atom stereocenters. The molecule has 0 aromatic heterocycles. The van der Waals surface area contributed by atoms with Crippen LogP contribution in [-0.4, -0.2) is 35.8 Å². The predicted octanol–water partition coefficient (Wildman–Crippen LogP) is 2.23. The number of carbonyl (C=O) groups excluding carboxylic acids is 2. The van der Waals surface area contributed by atoms with E-state index in [-0.39, 0.29) is 18.0 Å². The molecule has 1 N–H and O–H groups in total. The van der Waals surface area contributed by atoms with Gasteiger partial charge in [0.15, 0.2) is 0 Å². The molecule has 2 aliphatic rings. The normalized spacial score (nSPS) is 21.9. The predicted molar refractivity (Wildman–Crippen MR) is 74.7 cm³/mol. The topological polar surface area (TPSA) is 49.4 Å². The fourth-order valence-electron chi connectivity index (χ4n) is 3.29. The summed E-state index contributed by atoms with van der Waals surface area (Å²) in [6, 6.07) is 0.475. The van der Waals surface area contributed by atoms with E-state index in [2.05, 4.69) is 5.32 Å². The second-order valence-electron chi connectivity index (χ2n) is 6.02. The van der Waals surface area contributed by atoms with Crippen LogP contribution < -0.4 is 5.32 Å². The van der Waals surface area contributed by atoms with E-state index in [1.165, 1.54) is 25.7 Å². The van der Waals surface area contributed by atoms with Gasteiger partial charge in [-0.05, 0) is 25.7 Å². The van der Waals surface area contributed by atoms with E-state index in [4.69, 9.17) is 0 Å². The van der Waals surface area contributed by atoms with Gasteiger partial charge in [-0.15, -0.1) is 0 Å². The molecule has 0 unspecified atom stereocenters. The molecule has 4 heteroatoms. The summed E-state index contributed by atoms with van der Waals surface area (Å²) in [6.07, 6.45) is 11.3. The standard InChI is InChI=1S/C15H26N2O2/c1-17(13-10-6-3-7-11-13)15(19)14(18)16-12-8-4-2-5-9-12/h12-13H,2-11H2,1H3,(H,16,18). The first-order valence-corrected chi connectivity index (χ1v) is 7.76. The smallest absolute Gasteiger partial charge is 0.311 e. The Balaban J connectivity index is 1.81. The summed E-state index contributed by atoms with van der Waals surface area (Å²) in [6.45, 7) is 0. The van der Waals surface area contributed by atoms with Crippen LogP contribution in [-0.2, 0) is 9.59 Å². The van der Waals surface area contributed by atoms with Crippen LogP contribution in [0.3, 0.4) is 0 Å². The van der Waals surface area contributed by atoms with Crippen molar-refractivity contribution in [2.24, 2.45) is 0 Å². The number of rotatable bonds is 2. The lowest BCUT2D eigenvalue weighted by Crippen LogP contribution is -2.49. The van der Waals surface area contributed by atoms with Gasteiger partial charge in [-0.25, -0.2) is 0 Å². The number of amides is 2. The second-order valence-corrected chi connectivity index (χ2v) is 6.02. The zero-order valence-electron chi connectivity index (χ0n) is 12.0. The van der Waals surface area contributed by atoms with Crippen LogP contribution in [0.2, 0.25) is 0 Å². The van der Waals surface area contributed by atoms with Crippen molar-refractivity contribution in [2.45, 2.75) is 76.3 Å². The van der Waals surface area contributed by atoms with Crippen LogP contribution in [0.1, 0.15) is 64.2 Å². The Kier molecular flexibility index (Phi) is 5.23. The fraction of sp³-hybridized carbons (Fsp3) is 0.867. The molecule has 2 saturated carbocycles. The molecule has 0 spiro atoms. The maximum absolute atomic E-state index is 12.1. The largest absolute Gasteiger partial charge is 0.345 e. The van der Waals surface area contributed by atoms with Gasteiger partial charge in [0, 0.05) is 19.1 Å². The summed E-state index contributed by atoms with van der Waals surface area (Å²) in [7, 11) is 1.78. The molecule has 0 saturated heterocycles. The van der Waals surface area contributed by atoms with Gasteiger partial charge in [0.05, 0.1) is 0 Å². The summed E-state index contributed by atoms with van der Waals surface area (Å²) in [5, 5.41) is 2.91. The number of nitrogens with zero attached hydrogens (tertiary/aromatic N) is 1. The molecular weight excluding hydrogens is 240 g/mol. The Morgan fingerprint density at radius 1 is 0.895 bits per heavy atom. The molecule has 108 valence electrons. The quantitative estimate of drug-likeness (QED) is 0.779. The van der Waals surface area contributed by atoms with Gasteiger partial charge >= 0.3 is 11.8 Å². The van der Waals surface area contributed by atoms with Crippen molar-refractivity contribution in [1.29, 1.82) is 0 Å². The molecule has 4 nitrogen and oxygen atoms in total. The Hall–Kier alpha value is -1.06. The number of hydrogen-bond acceptors (Lipinski definition) is 2. The summed E-state index contributed by atoms with van der Waals surface area (Å²) in [5.41, 5.74) is 0. The van der Waals surface area contributed by atoms with Gasteiger partial charge < -0.3 is 10.2 Å². The van der Waals surface area contributed by atoms with Crippen LogP contribution in [0.4, 0.5) is 0 Å². The monoisotopic (exact) mass is 266 g/mol. The van der Waals surface area contributed by atoms with Gasteiger partial charge in [0.25, 0.3) is 0 Å². The highest BCUT2D eigenvalue weighted by Gasteiger charge is 2.28. The van der Waals surface area contributed by atoms with Gasteiger partial charge in [0.1, 0.15) is 0 Å². The lowest BCUT2D eigenvalue weighted by Gasteiger charge is -2.31. The van der Waals surface area contributed by atoms with Crippen LogP contribution >= 0.6 is 0 Å². The van der Waals surface area contributed by atoms with Crippen molar-refractivity contribution in [3.63, 3.8) is 0 Å². The average Bonchev–Trinajstić information content (AvgIpc) is 2.47. The first-order chi connectivity index (χ1) is 9.18. The summed E-state index contributed by atoms with van der Waals surface area (Å²) < 4.78 is 0. The minimum absolute atomic E-state index is 0.213. The van der Waals surface area contributed by atoms with Crippen molar-refractivity contribution in [3.05, 3.63) is 0 Å². The third-order valence-corrected chi connectivity index (χ3v) is 4.58. The van der Waals surface area contributed by atoms with Crippen molar-refractivity contribution >= 4 is 11.8 Å². The number of hydrogen-bond donors (Lipinski definition) is 1. The minimum atomic E-state index is -0.403. The first kappa shape index (κ1) is 14.4. The molecule has 0 heterocycles. The van der Waals surface area contributed by atoms with E-state index in [9.17, 15) is 9.59 Å².